The van der Waals surface area contributed by atoms with Gasteiger partial charge < -0.3 is 5.32 Å². The minimum absolute atomic E-state index is 0.483. The molecule has 18 heavy (non-hydrogen) atoms. The van der Waals surface area contributed by atoms with Gasteiger partial charge in [0.2, 0.25) is 0 Å². The van der Waals surface area contributed by atoms with Gasteiger partial charge in [-0.15, -0.1) is 0 Å². The molecule has 3 rings (SSSR count). The third kappa shape index (κ3) is 3.14. The second-order valence-corrected chi connectivity index (χ2v) is 7.14. The fourth-order valence-corrected chi connectivity index (χ4v) is 3.77. The summed E-state index contributed by atoms with van der Waals surface area (Å²) in [6, 6.07) is 3.14. The quantitative estimate of drug-likeness (QED) is 0.879. The van der Waals surface area contributed by atoms with E-state index >= 15 is 0 Å². The number of piperidine rings is 1. The van der Waals surface area contributed by atoms with Crippen LogP contribution >= 0.6 is 11.3 Å². The molecule has 3 heteroatoms. The van der Waals surface area contributed by atoms with Crippen molar-refractivity contribution in [2.75, 3.05) is 19.6 Å². The van der Waals surface area contributed by atoms with Gasteiger partial charge in [-0.25, -0.2) is 0 Å². The van der Waals surface area contributed by atoms with Crippen LogP contribution in [0, 0.1) is 5.41 Å². The average molecular weight is 264 g/mol. The monoisotopic (exact) mass is 264 g/mol. The van der Waals surface area contributed by atoms with E-state index in [2.05, 4.69) is 34.0 Å². The van der Waals surface area contributed by atoms with Crippen LogP contribution in [-0.4, -0.2) is 30.6 Å². The van der Waals surface area contributed by atoms with Gasteiger partial charge in [0.1, 0.15) is 0 Å². The first-order valence-corrected chi connectivity index (χ1v) is 8.15. The number of thiophene rings is 1. The molecule has 0 radical (unpaired) electrons. The predicted octanol–water partition coefficient (Wildman–Crippen LogP) is 3.10. The largest absolute Gasteiger partial charge is 0.316 e. The molecule has 2 nitrogen and oxygen atoms in total. The molecule has 1 aliphatic carbocycles. The molecule has 1 atom stereocenters. The summed E-state index contributed by atoms with van der Waals surface area (Å²) in [7, 11) is 0. The van der Waals surface area contributed by atoms with Gasteiger partial charge in [0.15, 0.2) is 0 Å². The first-order valence-electron chi connectivity index (χ1n) is 7.21. The highest BCUT2D eigenvalue weighted by atomic mass is 32.1. The lowest BCUT2D eigenvalue weighted by Gasteiger charge is -2.39. The maximum Gasteiger partial charge on any atom is 0.0245 e. The first kappa shape index (κ1) is 12.6. The molecular weight excluding hydrogens is 240 g/mol. The van der Waals surface area contributed by atoms with Gasteiger partial charge in [0.05, 0.1) is 0 Å². The van der Waals surface area contributed by atoms with E-state index < -0.39 is 0 Å². The summed E-state index contributed by atoms with van der Waals surface area (Å²) >= 11 is 1.82. The zero-order valence-electron chi connectivity index (χ0n) is 11.3. The van der Waals surface area contributed by atoms with Gasteiger partial charge in [-0.3, -0.25) is 4.90 Å². The molecule has 0 amide bonds. The zero-order valence-corrected chi connectivity index (χ0v) is 12.1. The summed E-state index contributed by atoms with van der Waals surface area (Å²) in [6.45, 7) is 7.29. The number of nitrogens with zero attached hydrogens (tertiary/aromatic N) is 1. The van der Waals surface area contributed by atoms with Crippen LogP contribution in [0.5, 0.6) is 0 Å². The average Bonchev–Trinajstić information content (AvgIpc) is 3.09. The van der Waals surface area contributed by atoms with Crippen LogP contribution in [-0.2, 0) is 6.54 Å². The Morgan fingerprint density at radius 1 is 1.50 bits per heavy atom. The zero-order chi connectivity index (χ0) is 12.4. The molecular formula is C15H24N2S. The van der Waals surface area contributed by atoms with Crippen molar-refractivity contribution in [3.8, 4) is 0 Å². The molecule has 2 aliphatic rings. The highest BCUT2D eigenvalue weighted by molar-refractivity contribution is 7.07. The van der Waals surface area contributed by atoms with E-state index in [9.17, 15) is 0 Å². The van der Waals surface area contributed by atoms with Gasteiger partial charge in [-0.1, -0.05) is 6.92 Å². The Bertz CT molecular complexity index is 364. The summed E-state index contributed by atoms with van der Waals surface area (Å²) in [5.41, 5.74) is 1.98. The van der Waals surface area contributed by atoms with Crippen LogP contribution in [0.15, 0.2) is 16.8 Å². The molecule has 1 aromatic heterocycles. The Morgan fingerprint density at radius 2 is 2.39 bits per heavy atom. The van der Waals surface area contributed by atoms with E-state index in [1.165, 1.54) is 50.9 Å². The molecule has 1 aliphatic heterocycles. The van der Waals surface area contributed by atoms with Crippen molar-refractivity contribution in [1.29, 1.82) is 0 Å². The highest BCUT2D eigenvalue weighted by Crippen LogP contribution is 2.34. The normalized spacial score (nSPS) is 28.8. The lowest BCUT2D eigenvalue weighted by atomic mass is 9.82. The third-order valence-corrected chi connectivity index (χ3v) is 5.03. The Morgan fingerprint density at radius 3 is 3.00 bits per heavy atom. The van der Waals surface area contributed by atoms with Crippen molar-refractivity contribution in [2.24, 2.45) is 5.41 Å². The van der Waals surface area contributed by atoms with Gasteiger partial charge in [-0.2, -0.15) is 11.3 Å². The Labute approximate surface area is 114 Å². The van der Waals surface area contributed by atoms with Gasteiger partial charge in [0, 0.05) is 25.7 Å². The number of rotatable bonds is 5. The molecule has 1 N–H and O–H groups in total. The molecule has 1 saturated carbocycles. The van der Waals surface area contributed by atoms with E-state index in [4.69, 9.17) is 0 Å². The van der Waals surface area contributed by atoms with E-state index in [-0.39, 0.29) is 0 Å². The Kier molecular flexibility index (Phi) is 3.73. The highest BCUT2D eigenvalue weighted by Gasteiger charge is 2.35. The SMILES string of the molecule is CC1(CN(Cc2ccsc2)C2CC2)CCCNC1. The maximum absolute atomic E-state index is 3.57. The van der Waals surface area contributed by atoms with E-state index in [1.807, 2.05) is 11.3 Å². The van der Waals surface area contributed by atoms with Crippen LogP contribution in [0.3, 0.4) is 0 Å². The molecule has 2 fully saturated rings. The van der Waals surface area contributed by atoms with E-state index in [0.717, 1.165) is 12.6 Å². The van der Waals surface area contributed by atoms with Crippen molar-refractivity contribution in [3.63, 3.8) is 0 Å². The second kappa shape index (κ2) is 5.32. The number of nitrogens with one attached hydrogen (secondary N) is 1. The lowest BCUT2D eigenvalue weighted by molar-refractivity contribution is 0.121. The molecule has 0 bridgehead atoms. The van der Waals surface area contributed by atoms with Crippen LogP contribution < -0.4 is 5.32 Å². The van der Waals surface area contributed by atoms with Crippen LogP contribution in [0.1, 0.15) is 38.2 Å². The van der Waals surface area contributed by atoms with Crippen molar-refractivity contribution in [3.05, 3.63) is 22.4 Å². The molecule has 1 aromatic rings. The lowest BCUT2D eigenvalue weighted by Crippen LogP contribution is -2.46. The summed E-state index contributed by atoms with van der Waals surface area (Å²) in [6.07, 6.45) is 5.54. The van der Waals surface area contributed by atoms with Gasteiger partial charge >= 0.3 is 0 Å². The summed E-state index contributed by atoms with van der Waals surface area (Å²) in [5.74, 6) is 0. The molecule has 0 aromatic carbocycles. The minimum Gasteiger partial charge on any atom is -0.316 e. The van der Waals surface area contributed by atoms with Crippen LogP contribution in [0.25, 0.3) is 0 Å². The van der Waals surface area contributed by atoms with E-state index in [0.29, 0.717) is 5.41 Å². The predicted molar refractivity (Wildman–Crippen MR) is 78.0 cm³/mol. The van der Waals surface area contributed by atoms with Gasteiger partial charge in [-0.05, 0) is 60.0 Å². The standard InChI is InChI=1S/C15H24N2S/c1-15(6-2-7-16-11-15)12-17(14-3-4-14)9-13-5-8-18-10-13/h5,8,10,14,16H,2-4,6-7,9,11-12H2,1H3. The van der Waals surface area contributed by atoms with Gasteiger partial charge in [0.25, 0.3) is 0 Å². The number of hydrogen-bond donors (Lipinski definition) is 1. The van der Waals surface area contributed by atoms with Crippen molar-refractivity contribution >= 4 is 11.3 Å². The summed E-state index contributed by atoms with van der Waals surface area (Å²) < 4.78 is 0. The summed E-state index contributed by atoms with van der Waals surface area (Å²) in [4.78, 5) is 2.73. The van der Waals surface area contributed by atoms with Crippen molar-refractivity contribution in [1.82, 2.24) is 10.2 Å². The Balaban J connectivity index is 1.62. The van der Waals surface area contributed by atoms with Crippen molar-refractivity contribution in [2.45, 2.75) is 45.2 Å². The molecule has 1 saturated heterocycles. The molecule has 0 spiro atoms. The fraction of sp³-hybridized carbons (Fsp3) is 0.733. The maximum atomic E-state index is 3.57. The number of hydrogen-bond acceptors (Lipinski definition) is 3. The fourth-order valence-electron chi connectivity index (χ4n) is 3.11. The molecule has 100 valence electrons. The molecule has 2 heterocycles. The summed E-state index contributed by atoms with van der Waals surface area (Å²) in [5, 5.41) is 8.08. The third-order valence-electron chi connectivity index (χ3n) is 4.30. The van der Waals surface area contributed by atoms with Crippen molar-refractivity contribution < 1.29 is 0 Å². The van der Waals surface area contributed by atoms with Crippen LogP contribution in [0.2, 0.25) is 0 Å². The molecule has 1 unspecified atom stereocenters. The topological polar surface area (TPSA) is 15.3 Å². The first-order chi connectivity index (χ1) is 8.75. The smallest absolute Gasteiger partial charge is 0.0245 e. The second-order valence-electron chi connectivity index (χ2n) is 6.36. The van der Waals surface area contributed by atoms with E-state index in [1.54, 1.807) is 0 Å². The minimum atomic E-state index is 0.483. The Hall–Kier alpha value is -0.380. The van der Waals surface area contributed by atoms with Crippen LogP contribution in [0.4, 0.5) is 0 Å².